The number of carbonyl (C=O) groups is 1. The van der Waals surface area contributed by atoms with Gasteiger partial charge in [0.25, 0.3) is 5.91 Å². The molecule has 2 unspecified atom stereocenters. The molecule has 6 heteroatoms. The average Bonchev–Trinajstić information content (AvgIpc) is 3.50. The molecule has 2 atom stereocenters. The van der Waals surface area contributed by atoms with Crippen LogP contribution in [0.3, 0.4) is 0 Å². The second-order valence-electron chi connectivity index (χ2n) is 10.5. The SMILES string of the molecule is COc1cc(Cn2ccc3ncnc-3c2)ccc1C(=O)N(C1CCCC1)C1CC(C)CC(C)C1. The Hall–Kier alpha value is -2.89. The first-order valence-electron chi connectivity index (χ1n) is 12.8. The molecule has 2 aliphatic carbocycles. The van der Waals surface area contributed by atoms with E-state index < -0.39 is 0 Å². The van der Waals surface area contributed by atoms with E-state index >= 15 is 0 Å². The Balaban J connectivity index is 1.41. The highest BCUT2D eigenvalue weighted by Gasteiger charge is 2.37. The normalized spacial score (nSPS) is 23.3. The minimum Gasteiger partial charge on any atom is -0.496 e. The fourth-order valence-corrected chi connectivity index (χ4v) is 6.28. The molecule has 0 spiro atoms. The molecule has 34 heavy (non-hydrogen) atoms. The molecule has 0 bridgehead atoms. The molecule has 1 aromatic carbocycles. The van der Waals surface area contributed by atoms with Crippen LogP contribution in [-0.4, -0.2) is 44.5 Å². The van der Waals surface area contributed by atoms with Crippen LogP contribution in [0.2, 0.25) is 0 Å². The van der Waals surface area contributed by atoms with Crippen molar-refractivity contribution in [2.75, 3.05) is 7.11 Å². The van der Waals surface area contributed by atoms with Gasteiger partial charge in [-0.2, -0.15) is 0 Å². The summed E-state index contributed by atoms with van der Waals surface area (Å²) in [4.78, 5) is 24.8. The Bertz CT molecular complexity index is 1090. The van der Waals surface area contributed by atoms with E-state index in [0.29, 0.717) is 41.8 Å². The molecule has 2 heterocycles. The van der Waals surface area contributed by atoms with Gasteiger partial charge in [-0.3, -0.25) is 4.79 Å². The minimum atomic E-state index is 0.141. The van der Waals surface area contributed by atoms with Gasteiger partial charge in [0.1, 0.15) is 17.8 Å². The number of nitrogens with zero attached hydrogens (tertiary/aromatic N) is 4. The number of ether oxygens (including phenoxy) is 1. The molecule has 0 radical (unpaired) electrons. The molecule has 0 aromatic heterocycles. The van der Waals surface area contributed by atoms with E-state index in [1.54, 1.807) is 13.4 Å². The van der Waals surface area contributed by atoms with Crippen molar-refractivity contribution in [1.29, 1.82) is 0 Å². The summed E-state index contributed by atoms with van der Waals surface area (Å²) in [7, 11) is 1.67. The second kappa shape index (κ2) is 9.77. The van der Waals surface area contributed by atoms with Gasteiger partial charge in [0.15, 0.2) is 0 Å². The van der Waals surface area contributed by atoms with E-state index in [-0.39, 0.29) is 5.91 Å². The molecule has 180 valence electrons. The highest BCUT2D eigenvalue weighted by Crippen LogP contribution is 2.37. The van der Waals surface area contributed by atoms with Crippen molar-refractivity contribution in [2.24, 2.45) is 11.8 Å². The highest BCUT2D eigenvalue weighted by atomic mass is 16.5. The second-order valence-corrected chi connectivity index (χ2v) is 10.5. The monoisotopic (exact) mass is 460 g/mol. The van der Waals surface area contributed by atoms with Gasteiger partial charge < -0.3 is 14.2 Å². The lowest BCUT2D eigenvalue weighted by atomic mass is 9.79. The average molecular weight is 461 g/mol. The number of fused-ring (bicyclic) bond motifs is 1. The molecule has 2 saturated carbocycles. The van der Waals surface area contributed by atoms with Gasteiger partial charge in [-0.1, -0.05) is 32.8 Å². The zero-order valence-electron chi connectivity index (χ0n) is 20.6. The summed E-state index contributed by atoms with van der Waals surface area (Å²) in [5.74, 6) is 2.13. The smallest absolute Gasteiger partial charge is 0.258 e. The number of hydrogen-bond acceptors (Lipinski definition) is 4. The molecule has 5 rings (SSSR count). The van der Waals surface area contributed by atoms with Crippen LogP contribution in [0.25, 0.3) is 11.4 Å². The first-order valence-corrected chi connectivity index (χ1v) is 12.8. The summed E-state index contributed by atoms with van der Waals surface area (Å²) in [6, 6.07) is 8.69. The third-order valence-electron chi connectivity index (χ3n) is 7.73. The summed E-state index contributed by atoms with van der Waals surface area (Å²) in [5.41, 5.74) is 3.55. The van der Waals surface area contributed by atoms with E-state index in [4.69, 9.17) is 4.74 Å². The number of methoxy groups -OCH3 is 1. The Morgan fingerprint density at radius 1 is 1.03 bits per heavy atom. The van der Waals surface area contributed by atoms with Crippen molar-refractivity contribution in [3.63, 3.8) is 0 Å². The number of hydrogen-bond donors (Lipinski definition) is 0. The van der Waals surface area contributed by atoms with Crippen molar-refractivity contribution >= 4 is 5.91 Å². The Kier molecular flexibility index (Phi) is 6.57. The number of pyridine rings is 1. The van der Waals surface area contributed by atoms with E-state index in [0.717, 1.165) is 42.6 Å². The molecule has 6 nitrogen and oxygen atoms in total. The van der Waals surface area contributed by atoms with E-state index in [2.05, 4.69) is 39.3 Å². The molecule has 2 fully saturated rings. The van der Waals surface area contributed by atoms with Gasteiger partial charge >= 0.3 is 0 Å². The zero-order chi connectivity index (χ0) is 23.7. The van der Waals surface area contributed by atoms with E-state index in [9.17, 15) is 4.79 Å². The highest BCUT2D eigenvalue weighted by molar-refractivity contribution is 5.97. The van der Waals surface area contributed by atoms with Crippen molar-refractivity contribution in [2.45, 2.75) is 77.4 Å². The molecule has 1 aromatic rings. The van der Waals surface area contributed by atoms with Crippen LogP contribution in [-0.2, 0) is 6.54 Å². The summed E-state index contributed by atoms with van der Waals surface area (Å²) in [6.45, 7) is 5.36. The van der Waals surface area contributed by atoms with Gasteiger partial charge in [0.2, 0.25) is 0 Å². The maximum Gasteiger partial charge on any atom is 0.258 e. The standard InChI is InChI=1S/C28H36N4O2/c1-19-12-20(2)14-23(13-19)32(22-6-4-5-7-22)28(33)24-9-8-21(15-27(24)34-3)16-31-11-10-25-26(17-31)30-18-29-25/h8-11,15,17-20,22-23H,4-7,12-14,16H2,1-3H3. The van der Waals surface area contributed by atoms with Gasteiger partial charge in [0, 0.05) is 31.0 Å². The predicted octanol–water partition coefficient (Wildman–Crippen LogP) is 5.65. The number of amides is 1. The van der Waals surface area contributed by atoms with Crippen LogP contribution >= 0.6 is 0 Å². The number of rotatable bonds is 6. The molecule has 0 saturated heterocycles. The van der Waals surface area contributed by atoms with Crippen molar-refractivity contribution in [3.05, 3.63) is 54.1 Å². The minimum absolute atomic E-state index is 0.141. The van der Waals surface area contributed by atoms with Crippen molar-refractivity contribution in [3.8, 4) is 17.1 Å². The topological polar surface area (TPSA) is 60.2 Å². The molecule has 1 amide bonds. The van der Waals surface area contributed by atoms with Crippen molar-refractivity contribution < 1.29 is 9.53 Å². The zero-order valence-corrected chi connectivity index (χ0v) is 20.6. The largest absolute Gasteiger partial charge is 0.496 e. The third-order valence-corrected chi connectivity index (χ3v) is 7.73. The van der Waals surface area contributed by atoms with Crippen LogP contribution in [0.15, 0.2) is 43.0 Å². The molecule has 2 aliphatic heterocycles. The van der Waals surface area contributed by atoms with Gasteiger partial charge in [0.05, 0.1) is 18.4 Å². The maximum absolute atomic E-state index is 14.0. The van der Waals surface area contributed by atoms with Crippen LogP contribution in [0.4, 0.5) is 0 Å². The van der Waals surface area contributed by atoms with E-state index in [1.165, 1.54) is 19.3 Å². The van der Waals surface area contributed by atoms with Gasteiger partial charge in [-0.05, 0) is 67.7 Å². The van der Waals surface area contributed by atoms with Crippen molar-refractivity contribution in [1.82, 2.24) is 19.4 Å². The fourth-order valence-electron chi connectivity index (χ4n) is 6.28. The summed E-state index contributed by atoms with van der Waals surface area (Å²) in [5, 5.41) is 0. The first-order chi connectivity index (χ1) is 16.5. The fraction of sp³-hybridized carbons (Fsp3) is 0.536. The summed E-state index contributed by atoms with van der Waals surface area (Å²) in [6.07, 6.45) is 13.8. The molecular weight excluding hydrogens is 424 g/mol. The number of benzene rings is 1. The summed E-state index contributed by atoms with van der Waals surface area (Å²) >= 11 is 0. The third kappa shape index (κ3) is 4.68. The first kappa shape index (κ1) is 22.9. The lowest BCUT2D eigenvalue weighted by Gasteiger charge is -2.42. The number of aromatic nitrogens is 3. The number of imidazole rings is 1. The van der Waals surface area contributed by atoms with Crippen LogP contribution in [0, 0.1) is 11.8 Å². The summed E-state index contributed by atoms with van der Waals surface area (Å²) < 4.78 is 7.85. The van der Waals surface area contributed by atoms with E-state index in [1.807, 2.05) is 30.6 Å². The Morgan fingerprint density at radius 3 is 2.50 bits per heavy atom. The quantitative estimate of drug-likeness (QED) is 0.477. The van der Waals surface area contributed by atoms with Crippen LogP contribution < -0.4 is 4.74 Å². The van der Waals surface area contributed by atoms with Crippen LogP contribution in [0.5, 0.6) is 5.75 Å². The van der Waals surface area contributed by atoms with Gasteiger partial charge in [-0.15, -0.1) is 0 Å². The predicted molar refractivity (Wildman–Crippen MR) is 133 cm³/mol. The molecule has 0 N–H and O–H groups in total. The Labute approximate surface area is 202 Å². The van der Waals surface area contributed by atoms with Crippen LogP contribution in [0.1, 0.15) is 74.7 Å². The number of carbonyl (C=O) groups excluding carboxylic acids is 1. The Morgan fingerprint density at radius 2 is 1.76 bits per heavy atom. The molecular formula is C28H36N4O2. The maximum atomic E-state index is 14.0. The lowest BCUT2D eigenvalue weighted by Crippen LogP contribution is -2.49. The van der Waals surface area contributed by atoms with Gasteiger partial charge in [-0.25, -0.2) is 9.97 Å². The molecule has 4 aliphatic rings. The lowest BCUT2D eigenvalue weighted by molar-refractivity contribution is 0.0426.